The van der Waals surface area contributed by atoms with Gasteiger partial charge in [0.15, 0.2) is 0 Å². The highest BCUT2D eigenvalue weighted by Gasteiger charge is 2.25. The fourth-order valence-corrected chi connectivity index (χ4v) is 3.65. The lowest BCUT2D eigenvalue weighted by Crippen LogP contribution is -2.13. The van der Waals surface area contributed by atoms with Crippen molar-refractivity contribution >= 4 is 51.5 Å². The maximum absolute atomic E-state index is 12.1. The van der Waals surface area contributed by atoms with Gasteiger partial charge in [-0.05, 0) is 36.9 Å². The van der Waals surface area contributed by atoms with Crippen LogP contribution in [0.2, 0.25) is 0 Å². The van der Waals surface area contributed by atoms with Crippen molar-refractivity contribution < 1.29 is 19.1 Å². The Labute approximate surface area is 146 Å². The topological polar surface area (TPSA) is 98.5 Å². The van der Waals surface area contributed by atoms with Crippen LogP contribution in [0.4, 0.5) is 5.00 Å². The molecule has 0 saturated carbocycles. The van der Waals surface area contributed by atoms with Crippen LogP contribution in [-0.4, -0.2) is 24.4 Å². The summed E-state index contributed by atoms with van der Waals surface area (Å²) in [6.07, 6.45) is 3.03. The van der Waals surface area contributed by atoms with Crippen LogP contribution in [0, 0.1) is 6.92 Å². The molecule has 2 aromatic heterocycles. The molecule has 2 aromatic rings. The van der Waals surface area contributed by atoms with E-state index in [-0.39, 0.29) is 22.0 Å². The predicted octanol–water partition coefficient (Wildman–Crippen LogP) is 3.05. The first kappa shape index (κ1) is 17.9. The first-order valence-electron chi connectivity index (χ1n) is 7.07. The summed E-state index contributed by atoms with van der Waals surface area (Å²) in [5.41, 5.74) is 5.89. The van der Waals surface area contributed by atoms with Gasteiger partial charge in [0, 0.05) is 11.0 Å². The van der Waals surface area contributed by atoms with E-state index in [2.05, 4.69) is 5.32 Å². The number of esters is 1. The molecular formula is C16H16N2O4S2. The number of anilines is 1. The van der Waals surface area contributed by atoms with Crippen molar-refractivity contribution in [2.45, 2.75) is 13.8 Å². The second kappa shape index (κ2) is 7.89. The molecule has 0 radical (unpaired) electrons. The third-order valence-corrected chi connectivity index (χ3v) is 5.09. The van der Waals surface area contributed by atoms with E-state index in [1.165, 1.54) is 17.4 Å². The summed E-state index contributed by atoms with van der Waals surface area (Å²) in [6, 6.07) is 3.75. The Hall–Kier alpha value is -2.45. The molecule has 0 atom stereocenters. The van der Waals surface area contributed by atoms with E-state index in [9.17, 15) is 14.4 Å². The van der Waals surface area contributed by atoms with Gasteiger partial charge >= 0.3 is 5.97 Å². The Balaban J connectivity index is 2.27. The lowest BCUT2D eigenvalue weighted by Gasteiger charge is -2.05. The third-order valence-electron chi connectivity index (χ3n) is 3.03. The average Bonchev–Trinajstić information content (AvgIpc) is 3.13. The summed E-state index contributed by atoms with van der Waals surface area (Å²) in [5, 5.41) is 4.77. The number of rotatable bonds is 6. The highest BCUT2D eigenvalue weighted by molar-refractivity contribution is 7.18. The van der Waals surface area contributed by atoms with E-state index in [1.54, 1.807) is 19.9 Å². The van der Waals surface area contributed by atoms with Crippen LogP contribution in [0.25, 0.3) is 6.08 Å². The molecule has 126 valence electrons. The van der Waals surface area contributed by atoms with Crippen molar-refractivity contribution in [3.05, 3.63) is 44.5 Å². The van der Waals surface area contributed by atoms with Gasteiger partial charge in [0.1, 0.15) is 5.00 Å². The molecule has 6 nitrogen and oxygen atoms in total. The molecule has 0 spiro atoms. The molecule has 2 amide bonds. The lowest BCUT2D eigenvalue weighted by atomic mass is 10.1. The summed E-state index contributed by atoms with van der Waals surface area (Å²) in [4.78, 5) is 36.8. The van der Waals surface area contributed by atoms with Gasteiger partial charge in [-0.15, -0.1) is 22.7 Å². The summed E-state index contributed by atoms with van der Waals surface area (Å²) < 4.78 is 4.99. The van der Waals surface area contributed by atoms with Gasteiger partial charge in [-0.2, -0.15) is 0 Å². The number of carbonyl (C=O) groups excluding carboxylic acids is 3. The Morgan fingerprint density at radius 3 is 2.71 bits per heavy atom. The second-order valence-corrected chi connectivity index (χ2v) is 6.68. The molecule has 8 heteroatoms. The van der Waals surface area contributed by atoms with Gasteiger partial charge in [0.25, 0.3) is 5.91 Å². The van der Waals surface area contributed by atoms with Crippen LogP contribution >= 0.6 is 22.7 Å². The molecule has 0 fully saturated rings. The van der Waals surface area contributed by atoms with E-state index < -0.39 is 17.8 Å². The van der Waals surface area contributed by atoms with Gasteiger partial charge in [0.05, 0.1) is 17.0 Å². The Morgan fingerprint density at radius 1 is 1.38 bits per heavy atom. The molecule has 24 heavy (non-hydrogen) atoms. The standard InChI is InChI=1S/C16H16N2O4S2/c1-3-22-16(21)12-9(2)13(14(17)20)24-15(12)18-11(19)7-6-10-5-4-8-23-10/h4-8H,3H2,1-2H3,(H2,17,20)(H,18,19). The van der Waals surface area contributed by atoms with Crippen LogP contribution in [0.5, 0.6) is 0 Å². The van der Waals surface area contributed by atoms with Crippen LogP contribution in [0.15, 0.2) is 23.6 Å². The van der Waals surface area contributed by atoms with Gasteiger partial charge in [-0.3, -0.25) is 9.59 Å². The van der Waals surface area contributed by atoms with E-state index in [0.717, 1.165) is 16.2 Å². The maximum atomic E-state index is 12.1. The fraction of sp³-hybridized carbons (Fsp3) is 0.188. The predicted molar refractivity (Wildman–Crippen MR) is 95.5 cm³/mol. The van der Waals surface area contributed by atoms with Crippen LogP contribution in [0.1, 0.15) is 37.4 Å². The summed E-state index contributed by atoms with van der Waals surface area (Å²) in [7, 11) is 0. The zero-order valence-corrected chi connectivity index (χ0v) is 14.8. The smallest absolute Gasteiger partial charge is 0.341 e. The number of nitrogens with two attached hydrogens (primary N) is 1. The maximum Gasteiger partial charge on any atom is 0.341 e. The van der Waals surface area contributed by atoms with Gasteiger partial charge in [0.2, 0.25) is 5.91 Å². The molecule has 0 unspecified atom stereocenters. The van der Waals surface area contributed by atoms with Gasteiger partial charge < -0.3 is 15.8 Å². The molecule has 0 aromatic carbocycles. The molecule has 0 aliphatic heterocycles. The van der Waals surface area contributed by atoms with Crippen LogP contribution < -0.4 is 11.1 Å². The average molecular weight is 364 g/mol. The van der Waals surface area contributed by atoms with E-state index >= 15 is 0 Å². The Bertz CT molecular complexity index is 791. The van der Waals surface area contributed by atoms with Crippen molar-refractivity contribution in [3.63, 3.8) is 0 Å². The summed E-state index contributed by atoms with van der Waals surface area (Å²) in [5.74, 6) is -1.67. The number of thiophene rings is 2. The number of carbonyl (C=O) groups is 3. The molecule has 0 bridgehead atoms. The number of ether oxygens (including phenoxy) is 1. The third kappa shape index (κ3) is 4.09. The summed E-state index contributed by atoms with van der Waals surface area (Å²) >= 11 is 2.46. The molecule has 0 aliphatic carbocycles. The lowest BCUT2D eigenvalue weighted by molar-refractivity contribution is -0.111. The number of nitrogens with one attached hydrogen (secondary N) is 1. The van der Waals surface area contributed by atoms with Crippen molar-refractivity contribution in [1.29, 1.82) is 0 Å². The quantitative estimate of drug-likeness (QED) is 0.608. The summed E-state index contributed by atoms with van der Waals surface area (Å²) in [6.45, 7) is 3.46. The first-order valence-corrected chi connectivity index (χ1v) is 8.76. The monoisotopic (exact) mass is 364 g/mol. The second-order valence-electron chi connectivity index (χ2n) is 4.68. The zero-order valence-electron chi connectivity index (χ0n) is 13.1. The first-order chi connectivity index (χ1) is 11.4. The number of hydrogen-bond acceptors (Lipinski definition) is 6. The number of primary amides is 1. The molecule has 0 aliphatic rings. The minimum Gasteiger partial charge on any atom is -0.462 e. The van der Waals surface area contributed by atoms with Gasteiger partial charge in [-0.1, -0.05) is 6.07 Å². The normalized spacial score (nSPS) is 10.8. The highest BCUT2D eigenvalue weighted by Crippen LogP contribution is 2.33. The van der Waals surface area contributed by atoms with Crippen LogP contribution in [-0.2, 0) is 9.53 Å². The van der Waals surface area contributed by atoms with E-state index in [1.807, 2.05) is 17.5 Å². The van der Waals surface area contributed by atoms with Gasteiger partial charge in [-0.25, -0.2) is 4.79 Å². The van der Waals surface area contributed by atoms with Crippen LogP contribution in [0.3, 0.4) is 0 Å². The minimum atomic E-state index is -0.655. The highest BCUT2D eigenvalue weighted by atomic mass is 32.1. The van der Waals surface area contributed by atoms with E-state index in [0.29, 0.717) is 5.56 Å². The molecule has 2 rings (SSSR count). The fourth-order valence-electron chi connectivity index (χ4n) is 1.98. The molecule has 0 saturated heterocycles. The zero-order chi connectivity index (χ0) is 17.7. The Kier molecular flexibility index (Phi) is 5.88. The molecule has 3 N–H and O–H groups in total. The van der Waals surface area contributed by atoms with Crippen molar-refractivity contribution in [2.75, 3.05) is 11.9 Å². The van der Waals surface area contributed by atoms with E-state index in [4.69, 9.17) is 10.5 Å². The number of amides is 2. The largest absolute Gasteiger partial charge is 0.462 e. The van der Waals surface area contributed by atoms with Crippen molar-refractivity contribution in [1.82, 2.24) is 0 Å². The Morgan fingerprint density at radius 2 is 2.12 bits per heavy atom. The SMILES string of the molecule is CCOC(=O)c1c(NC(=O)C=Cc2cccs2)sc(C(N)=O)c1C. The minimum absolute atomic E-state index is 0.161. The number of hydrogen-bond donors (Lipinski definition) is 2. The molecular weight excluding hydrogens is 348 g/mol. The van der Waals surface area contributed by atoms with Crippen molar-refractivity contribution in [3.8, 4) is 0 Å². The molecule has 2 heterocycles. The van der Waals surface area contributed by atoms with Crippen molar-refractivity contribution in [2.24, 2.45) is 5.73 Å².